The summed E-state index contributed by atoms with van der Waals surface area (Å²) in [6, 6.07) is 9.69. The molecule has 0 atom stereocenters. The summed E-state index contributed by atoms with van der Waals surface area (Å²) in [4.78, 5) is 20.6. The largest absolute Gasteiger partial charge is 0.460 e. The van der Waals surface area contributed by atoms with Crippen LogP contribution in [-0.2, 0) is 4.74 Å². The molecule has 0 N–H and O–H groups in total. The van der Waals surface area contributed by atoms with Gasteiger partial charge in [0.2, 0.25) is 5.82 Å². The predicted molar refractivity (Wildman–Crippen MR) is 86.5 cm³/mol. The number of hydrogen-bond donors (Lipinski definition) is 0. The van der Waals surface area contributed by atoms with Gasteiger partial charge >= 0.3 is 5.97 Å². The summed E-state index contributed by atoms with van der Waals surface area (Å²) >= 11 is 5.01. The van der Waals surface area contributed by atoms with E-state index in [0.717, 1.165) is 25.9 Å². The zero-order chi connectivity index (χ0) is 14.8. The van der Waals surface area contributed by atoms with Crippen molar-refractivity contribution in [1.29, 1.82) is 0 Å². The van der Waals surface area contributed by atoms with Gasteiger partial charge in [-0.05, 0) is 30.5 Å². The van der Waals surface area contributed by atoms with Crippen LogP contribution in [0.5, 0.6) is 0 Å². The molecule has 106 valence electrons. The molecule has 3 aromatic rings. The van der Waals surface area contributed by atoms with Crippen LogP contribution in [0.3, 0.4) is 0 Å². The van der Waals surface area contributed by atoms with Crippen molar-refractivity contribution >= 4 is 43.5 Å². The van der Waals surface area contributed by atoms with Crippen LogP contribution < -0.4 is 0 Å². The van der Waals surface area contributed by atoms with Crippen LogP contribution in [0.4, 0.5) is 0 Å². The summed E-state index contributed by atoms with van der Waals surface area (Å²) in [6.45, 7) is 2.06. The molecule has 0 aliphatic heterocycles. The van der Waals surface area contributed by atoms with E-state index >= 15 is 0 Å². The minimum absolute atomic E-state index is 0.0951. The molecular weight excluding hydrogens is 352 g/mol. The lowest BCUT2D eigenvalue weighted by molar-refractivity contribution is 0.0512. The molecule has 4 nitrogen and oxygen atoms in total. The van der Waals surface area contributed by atoms with Crippen LogP contribution in [0.2, 0.25) is 0 Å². The van der Waals surface area contributed by atoms with Crippen molar-refractivity contribution in [3.05, 3.63) is 46.0 Å². The number of carbonyl (C=O) groups excluding carboxylic acids is 1. The Morgan fingerprint density at radius 1 is 1.33 bits per heavy atom. The van der Waals surface area contributed by atoms with Crippen molar-refractivity contribution in [2.45, 2.75) is 6.92 Å². The van der Waals surface area contributed by atoms with Crippen molar-refractivity contribution in [3.8, 4) is 11.3 Å². The first-order chi connectivity index (χ1) is 10.2. The Morgan fingerprint density at radius 3 is 2.95 bits per heavy atom. The molecule has 0 radical (unpaired) electrons. The van der Waals surface area contributed by atoms with Gasteiger partial charge in [0.15, 0.2) is 0 Å². The zero-order valence-corrected chi connectivity index (χ0v) is 13.6. The van der Waals surface area contributed by atoms with Gasteiger partial charge < -0.3 is 4.74 Å². The van der Waals surface area contributed by atoms with Crippen molar-refractivity contribution in [2.75, 3.05) is 6.61 Å². The molecule has 0 amide bonds. The summed E-state index contributed by atoms with van der Waals surface area (Å²) in [5, 5.41) is 1.94. The molecule has 0 aliphatic carbocycles. The van der Waals surface area contributed by atoms with Crippen molar-refractivity contribution in [3.63, 3.8) is 0 Å². The van der Waals surface area contributed by atoms with E-state index in [1.165, 1.54) is 0 Å². The minimum Gasteiger partial charge on any atom is -0.460 e. The second kappa shape index (κ2) is 5.91. The second-order valence-electron chi connectivity index (χ2n) is 4.26. The lowest BCUT2D eigenvalue weighted by Crippen LogP contribution is -2.10. The lowest BCUT2D eigenvalue weighted by atomic mass is 10.1. The van der Waals surface area contributed by atoms with Gasteiger partial charge in [0.1, 0.15) is 0 Å². The molecule has 3 rings (SSSR count). The first-order valence-corrected chi connectivity index (χ1v) is 8.04. The molecule has 0 bridgehead atoms. The van der Waals surface area contributed by atoms with Gasteiger partial charge in [-0.25, -0.2) is 14.8 Å². The molecule has 2 aromatic heterocycles. The van der Waals surface area contributed by atoms with Gasteiger partial charge in [-0.15, -0.1) is 11.3 Å². The van der Waals surface area contributed by atoms with Crippen LogP contribution in [0.15, 0.2) is 40.2 Å². The molecule has 1 aromatic carbocycles. The van der Waals surface area contributed by atoms with E-state index in [1.54, 1.807) is 18.3 Å². The number of aromatic nitrogens is 2. The fraction of sp³-hybridized carbons (Fsp3) is 0.133. The molecule has 0 saturated heterocycles. The number of carbonyl (C=O) groups is 1. The molecule has 0 spiro atoms. The van der Waals surface area contributed by atoms with E-state index < -0.39 is 5.97 Å². The van der Waals surface area contributed by atoms with Crippen molar-refractivity contribution in [2.24, 2.45) is 0 Å². The first-order valence-electron chi connectivity index (χ1n) is 6.37. The van der Waals surface area contributed by atoms with Gasteiger partial charge in [-0.1, -0.05) is 28.1 Å². The van der Waals surface area contributed by atoms with Crippen LogP contribution in [0.1, 0.15) is 17.5 Å². The highest BCUT2D eigenvalue weighted by molar-refractivity contribution is 9.10. The van der Waals surface area contributed by atoms with Gasteiger partial charge in [0.25, 0.3) is 0 Å². The van der Waals surface area contributed by atoms with Crippen LogP contribution >= 0.6 is 27.3 Å². The molecule has 21 heavy (non-hydrogen) atoms. The molecule has 0 unspecified atom stereocenters. The maximum Gasteiger partial charge on any atom is 0.376 e. The number of nitrogens with zero attached hydrogens (tertiary/aromatic N) is 2. The standard InChI is InChI=1S/C15H11BrN2O2S/c1-2-20-15(19)14-17-11-6-7-21-13(11)12(18-14)9-4-3-5-10(16)8-9/h3-8H,2H2,1H3. The van der Waals surface area contributed by atoms with E-state index in [9.17, 15) is 4.79 Å². The van der Waals surface area contributed by atoms with Gasteiger partial charge in [0.05, 0.1) is 22.5 Å². The Bertz CT molecular complexity index is 816. The van der Waals surface area contributed by atoms with E-state index in [-0.39, 0.29) is 5.82 Å². The number of thiophene rings is 1. The summed E-state index contributed by atoms with van der Waals surface area (Å²) < 4.78 is 6.92. The maximum absolute atomic E-state index is 11.9. The maximum atomic E-state index is 11.9. The highest BCUT2D eigenvalue weighted by atomic mass is 79.9. The second-order valence-corrected chi connectivity index (χ2v) is 6.09. The quantitative estimate of drug-likeness (QED) is 0.651. The molecule has 0 saturated carbocycles. The zero-order valence-electron chi connectivity index (χ0n) is 11.2. The fourth-order valence-electron chi connectivity index (χ4n) is 1.98. The SMILES string of the molecule is CCOC(=O)c1nc(-c2cccc(Br)c2)c2sccc2n1. The Morgan fingerprint density at radius 2 is 2.19 bits per heavy atom. The van der Waals surface area contributed by atoms with Crippen molar-refractivity contribution in [1.82, 2.24) is 9.97 Å². The third kappa shape index (κ3) is 2.82. The number of rotatable bonds is 3. The summed E-state index contributed by atoms with van der Waals surface area (Å²) in [5.41, 5.74) is 2.44. The Kier molecular flexibility index (Phi) is 3.98. The summed E-state index contributed by atoms with van der Waals surface area (Å²) in [7, 11) is 0. The Labute approximate surface area is 133 Å². The molecular formula is C15H11BrN2O2S. The summed E-state index contributed by atoms with van der Waals surface area (Å²) in [6.07, 6.45) is 0. The minimum atomic E-state index is -0.498. The Hall–Kier alpha value is -1.79. The Balaban J connectivity index is 2.20. The average Bonchev–Trinajstić information content (AvgIpc) is 2.94. The van der Waals surface area contributed by atoms with Crippen LogP contribution in [0.25, 0.3) is 21.5 Å². The number of hydrogen-bond acceptors (Lipinski definition) is 5. The van der Waals surface area contributed by atoms with E-state index in [1.807, 2.05) is 35.7 Å². The normalized spacial score (nSPS) is 10.8. The van der Waals surface area contributed by atoms with Crippen LogP contribution in [0, 0.1) is 0 Å². The summed E-state index contributed by atoms with van der Waals surface area (Å²) in [5.74, 6) is -0.403. The van der Waals surface area contributed by atoms with Crippen molar-refractivity contribution < 1.29 is 9.53 Å². The topological polar surface area (TPSA) is 52.1 Å². The number of ether oxygens (including phenoxy) is 1. The highest BCUT2D eigenvalue weighted by Crippen LogP contribution is 2.31. The van der Waals surface area contributed by atoms with Gasteiger partial charge in [0, 0.05) is 10.0 Å². The number of halogens is 1. The average molecular weight is 363 g/mol. The van der Waals surface area contributed by atoms with E-state index in [4.69, 9.17) is 4.74 Å². The van der Waals surface area contributed by atoms with E-state index in [2.05, 4.69) is 25.9 Å². The third-order valence-electron chi connectivity index (χ3n) is 2.86. The molecule has 0 fully saturated rings. The number of fused-ring (bicyclic) bond motifs is 1. The highest BCUT2D eigenvalue weighted by Gasteiger charge is 2.16. The number of esters is 1. The molecule has 6 heteroatoms. The number of benzene rings is 1. The first kappa shape index (κ1) is 14.2. The van der Waals surface area contributed by atoms with Crippen LogP contribution in [-0.4, -0.2) is 22.5 Å². The van der Waals surface area contributed by atoms with Gasteiger partial charge in [-0.3, -0.25) is 0 Å². The third-order valence-corrected chi connectivity index (χ3v) is 4.26. The smallest absolute Gasteiger partial charge is 0.376 e. The lowest BCUT2D eigenvalue weighted by Gasteiger charge is -2.06. The molecule has 2 heterocycles. The van der Waals surface area contributed by atoms with E-state index in [0.29, 0.717) is 6.61 Å². The predicted octanol–water partition coefficient (Wildman–Crippen LogP) is 4.30. The monoisotopic (exact) mass is 362 g/mol. The van der Waals surface area contributed by atoms with Gasteiger partial charge in [-0.2, -0.15) is 0 Å². The molecule has 0 aliphatic rings. The fourth-order valence-corrected chi connectivity index (χ4v) is 3.22.